The first-order valence-corrected chi connectivity index (χ1v) is 11.9. The van der Waals surface area contributed by atoms with Crippen molar-refractivity contribution in [3.63, 3.8) is 0 Å². The van der Waals surface area contributed by atoms with E-state index in [4.69, 9.17) is 0 Å². The van der Waals surface area contributed by atoms with Crippen LogP contribution in [-0.4, -0.2) is 30.4 Å². The number of hydrogen-bond donors (Lipinski definition) is 2. The molecule has 2 aromatic heterocycles. The molecule has 2 N–H and O–H groups in total. The summed E-state index contributed by atoms with van der Waals surface area (Å²) in [5, 5.41) is 4.77. The lowest BCUT2D eigenvalue weighted by atomic mass is 10.2. The minimum absolute atomic E-state index is 0.125. The standard InChI is InChI=1S/C22H20N4O3S2/c27-22(25-18-5-7-19(8-6-18)26-14-13-23-16-26)17-3-9-21(10-4-17)31(28,29)24-12-11-20-2-1-15-30-20/h1-10,13-16,24H,11-12H2,(H,25,27). The fraction of sp³-hybridized carbons (Fsp3) is 0.0909. The van der Waals surface area contributed by atoms with Crippen molar-refractivity contribution in [2.45, 2.75) is 11.3 Å². The van der Waals surface area contributed by atoms with E-state index in [1.807, 2.05) is 40.4 Å². The van der Waals surface area contributed by atoms with Gasteiger partial charge in [-0.15, -0.1) is 11.3 Å². The summed E-state index contributed by atoms with van der Waals surface area (Å²) in [7, 11) is -3.63. The number of carbonyl (C=O) groups excluding carboxylic acids is 1. The smallest absolute Gasteiger partial charge is 0.255 e. The highest BCUT2D eigenvalue weighted by atomic mass is 32.2. The molecule has 0 bridgehead atoms. The summed E-state index contributed by atoms with van der Waals surface area (Å²) in [6.07, 6.45) is 5.86. The zero-order chi connectivity index (χ0) is 21.7. The van der Waals surface area contributed by atoms with Gasteiger partial charge in [0, 0.05) is 40.8 Å². The summed E-state index contributed by atoms with van der Waals surface area (Å²) in [6.45, 7) is 0.320. The molecule has 0 aliphatic rings. The molecule has 2 heterocycles. The molecule has 0 saturated heterocycles. The lowest BCUT2D eigenvalue weighted by Gasteiger charge is -2.09. The molecule has 4 rings (SSSR count). The van der Waals surface area contributed by atoms with Gasteiger partial charge in [-0.3, -0.25) is 4.79 Å². The third kappa shape index (κ3) is 5.26. The van der Waals surface area contributed by atoms with Gasteiger partial charge in [-0.25, -0.2) is 18.1 Å². The van der Waals surface area contributed by atoms with Crippen molar-refractivity contribution in [1.29, 1.82) is 0 Å². The number of benzene rings is 2. The first-order valence-electron chi connectivity index (χ1n) is 9.53. The number of carbonyl (C=O) groups is 1. The van der Waals surface area contributed by atoms with Crippen molar-refractivity contribution >= 4 is 33.0 Å². The predicted octanol–water partition coefficient (Wildman–Crippen LogP) is 3.71. The summed E-state index contributed by atoms with van der Waals surface area (Å²) >= 11 is 1.59. The second kappa shape index (κ2) is 9.25. The van der Waals surface area contributed by atoms with Crippen LogP contribution in [0.4, 0.5) is 5.69 Å². The van der Waals surface area contributed by atoms with E-state index in [2.05, 4.69) is 15.0 Å². The Bertz CT molecular complexity index is 1230. The van der Waals surface area contributed by atoms with Crippen LogP contribution in [0.5, 0.6) is 0 Å². The first kappa shape index (κ1) is 21.0. The Hall–Kier alpha value is -3.27. The number of amides is 1. The van der Waals surface area contributed by atoms with Gasteiger partial charge in [0.25, 0.3) is 5.91 Å². The van der Waals surface area contributed by atoms with Crippen LogP contribution in [-0.2, 0) is 16.4 Å². The van der Waals surface area contributed by atoms with Gasteiger partial charge in [0.05, 0.1) is 11.2 Å². The molecule has 7 nitrogen and oxygen atoms in total. The van der Waals surface area contributed by atoms with Gasteiger partial charge < -0.3 is 9.88 Å². The van der Waals surface area contributed by atoms with E-state index in [0.717, 1.165) is 10.6 Å². The molecule has 0 atom stereocenters. The van der Waals surface area contributed by atoms with Crippen molar-refractivity contribution in [3.05, 3.63) is 95.2 Å². The van der Waals surface area contributed by atoms with E-state index in [1.54, 1.807) is 36.0 Å². The fourth-order valence-corrected chi connectivity index (χ4v) is 4.71. The van der Waals surface area contributed by atoms with E-state index in [-0.39, 0.29) is 10.8 Å². The van der Waals surface area contributed by atoms with Gasteiger partial charge in [-0.2, -0.15) is 0 Å². The van der Waals surface area contributed by atoms with E-state index in [0.29, 0.717) is 24.2 Å². The minimum Gasteiger partial charge on any atom is -0.322 e. The van der Waals surface area contributed by atoms with Gasteiger partial charge in [-0.05, 0) is 66.4 Å². The Morgan fingerprint density at radius 3 is 2.45 bits per heavy atom. The molecule has 4 aromatic rings. The third-order valence-corrected chi connectivity index (χ3v) is 7.01. The highest BCUT2D eigenvalue weighted by Crippen LogP contribution is 2.16. The van der Waals surface area contributed by atoms with E-state index in [1.165, 1.54) is 24.3 Å². The molecule has 0 spiro atoms. The zero-order valence-electron chi connectivity index (χ0n) is 16.4. The Morgan fingerprint density at radius 2 is 1.81 bits per heavy atom. The van der Waals surface area contributed by atoms with Crippen molar-refractivity contribution < 1.29 is 13.2 Å². The number of imidazole rings is 1. The maximum Gasteiger partial charge on any atom is 0.255 e. The van der Waals surface area contributed by atoms with Crippen molar-refractivity contribution in [1.82, 2.24) is 14.3 Å². The van der Waals surface area contributed by atoms with Crippen molar-refractivity contribution in [2.75, 3.05) is 11.9 Å². The van der Waals surface area contributed by atoms with Crippen LogP contribution >= 0.6 is 11.3 Å². The van der Waals surface area contributed by atoms with E-state index >= 15 is 0 Å². The number of nitrogens with one attached hydrogen (secondary N) is 2. The fourth-order valence-electron chi connectivity index (χ4n) is 2.96. The molecule has 1 amide bonds. The lowest BCUT2D eigenvalue weighted by molar-refractivity contribution is 0.102. The Morgan fingerprint density at radius 1 is 1.03 bits per heavy atom. The van der Waals surface area contributed by atoms with Gasteiger partial charge in [0.2, 0.25) is 10.0 Å². The summed E-state index contributed by atoms with van der Waals surface area (Å²) in [5.41, 5.74) is 1.94. The van der Waals surface area contributed by atoms with Crippen LogP contribution in [0.15, 0.2) is 89.7 Å². The number of nitrogens with zero attached hydrogens (tertiary/aromatic N) is 2. The Labute approximate surface area is 184 Å². The topological polar surface area (TPSA) is 93.1 Å². The van der Waals surface area contributed by atoms with Gasteiger partial charge >= 0.3 is 0 Å². The molecular weight excluding hydrogens is 432 g/mol. The SMILES string of the molecule is O=C(Nc1ccc(-n2ccnc2)cc1)c1ccc(S(=O)(=O)NCCc2cccs2)cc1. The minimum atomic E-state index is -3.63. The maximum atomic E-state index is 12.5. The highest BCUT2D eigenvalue weighted by molar-refractivity contribution is 7.89. The number of thiophene rings is 1. The molecule has 158 valence electrons. The summed E-state index contributed by atoms with van der Waals surface area (Å²) in [4.78, 5) is 17.8. The van der Waals surface area contributed by atoms with Gasteiger partial charge in [-0.1, -0.05) is 6.07 Å². The number of anilines is 1. The molecule has 0 fully saturated rings. The summed E-state index contributed by atoms with van der Waals surface area (Å²) in [6, 6.07) is 17.1. The van der Waals surface area contributed by atoms with Gasteiger partial charge in [0.15, 0.2) is 0 Å². The predicted molar refractivity (Wildman–Crippen MR) is 121 cm³/mol. The number of aromatic nitrogens is 2. The first-order chi connectivity index (χ1) is 15.0. The molecule has 31 heavy (non-hydrogen) atoms. The van der Waals surface area contributed by atoms with Crippen LogP contribution < -0.4 is 10.0 Å². The molecule has 0 aliphatic carbocycles. The second-order valence-corrected chi connectivity index (χ2v) is 9.52. The second-order valence-electron chi connectivity index (χ2n) is 6.72. The quantitative estimate of drug-likeness (QED) is 0.426. The molecule has 2 aromatic carbocycles. The Kier molecular flexibility index (Phi) is 6.26. The van der Waals surface area contributed by atoms with Crippen molar-refractivity contribution in [3.8, 4) is 5.69 Å². The maximum absolute atomic E-state index is 12.5. The summed E-state index contributed by atoms with van der Waals surface area (Å²) in [5.74, 6) is -0.315. The molecule has 0 aliphatic heterocycles. The third-order valence-electron chi connectivity index (χ3n) is 4.60. The average Bonchev–Trinajstić information content (AvgIpc) is 3.49. The largest absolute Gasteiger partial charge is 0.322 e. The molecule has 9 heteroatoms. The van der Waals surface area contributed by atoms with Crippen LogP contribution in [0.3, 0.4) is 0 Å². The summed E-state index contributed by atoms with van der Waals surface area (Å²) < 4.78 is 29.3. The number of hydrogen-bond acceptors (Lipinski definition) is 5. The van der Waals surface area contributed by atoms with Crippen LogP contribution in [0, 0.1) is 0 Å². The van der Waals surface area contributed by atoms with Crippen LogP contribution in [0.25, 0.3) is 5.69 Å². The molecule has 0 saturated carbocycles. The van der Waals surface area contributed by atoms with Gasteiger partial charge in [0.1, 0.15) is 0 Å². The molecule has 0 unspecified atom stereocenters. The monoisotopic (exact) mass is 452 g/mol. The lowest BCUT2D eigenvalue weighted by Crippen LogP contribution is -2.26. The van der Waals surface area contributed by atoms with Crippen LogP contribution in [0.1, 0.15) is 15.2 Å². The van der Waals surface area contributed by atoms with Crippen LogP contribution in [0.2, 0.25) is 0 Å². The number of rotatable bonds is 8. The number of sulfonamides is 1. The average molecular weight is 453 g/mol. The zero-order valence-corrected chi connectivity index (χ0v) is 18.1. The Balaban J connectivity index is 1.36. The molecular formula is C22H20N4O3S2. The van der Waals surface area contributed by atoms with Crippen molar-refractivity contribution in [2.24, 2.45) is 0 Å². The van der Waals surface area contributed by atoms with E-state index < -0.39 is 10.0 Å². The van der Waals surface area contributed by atoms with E-state index in [9.17, 15) is 13.2 Å². The molecule has 0 radical (unpaired) electrons. The normalized spacial score (nSPS) is 11.4. The highest BCUT2D eigenvalue weighted by Gasteiger charge is 2.15.